The first-order valence-electron chi connectivity index (χ1n) is 6.75. The van der Waals surface area contributed by atoms with Crippen LogP contribution >= 0.6 is 0 Å². The Morgan fingerprint density at radius 1 is 1.38 bits per heavy atom. The van der Waals surface area contributed by atoms with Crippen molar-refractivity contribution in [3.63, 3.8) is 0 Å². The van der Waals surface area contributed by atoms with Crippen LogP contribution in [0.3, 0.4) is 0 Å². The number of hydrogen-bond acceptors (Lipinski definition) is 3. The number of nitrogens with zero attached hydrogens (tertiary/aromatic N) is 1. The molecule has 21 heavy (non-hydrogen) atoms. The zero-order valence-corrected chi connectivity index (χ0v) is 12.5. The van der Waals surface area contributed by atoms with E-state index in [1.807, 2.05) is 0 Å². The molecule has 1 aromatic carbocycles. The van der Waals surface area contributed by atoms with Gasteiger partial charge in [-0.05, 0) is 18.9 Å². The van der Waals surface area contributed by atoms with Crippen LogP contribution in [0.15, 0.2) is 24.3 Å². The average molecular weight is 315 g/mol. The van der Waals surface area contributed by atoms with Gasteiger partial charge in [0.25, 0.3) is 0 Å². The van der Waals surface area contributed by atoms with Gasteiger partial charge in [-0.15, -0.1) is 0 Å². The number of rotatable bonds is 5. The lowest BCUT2D eigenvalue weighted by molar-refractivity contribution is -0.141. The lowest BCUT2D eigenvalue weighted by atomic mass is 10.1. The summed E-state index contributed by atoms with van der Waals surface area (Å²) in [5.41, 5.74) is 0.272. The zero-order chi connectivity index (χ0) is 15.6. The van der Waals surface area contributed by atoms with Crippen molar-refractivity contribution in [2.24, 2.45) is 5.92 Å². The molecular weight excluding hydrogens is 297 g/mol. The minimum atomic E-state index is -3.76. The summed E-state index contributed by atoms with van der Waals surface area (Å²) >= 11 is 0. The van der Waals surface area contributed by atoms with Gasteiger partial charge in [0.05, 0.1) is 11.2 Å². The Bertz CT molecular complexity index is 632. The van der Waals surface area contributed by atoms with Gasteiger partial charge in [0.2, 0.25) is 10.0 Å². The molecule has 1 saturated carbocycles. The maximum atomic E-state index is 13.6. The van der Waals surface area contributed by atoms with E-state index in [0.717, 1.165) is 4.31 Å². The number of halogens is 1. The fraction of sp³-hybridized carbons (Fsp3) is 0.500. The summed E-state index contributed by atoms with van der Waals surface area (Å²) in [6.45, 7) is -0.0994. The summed E-state index contributed by atoms with van der Waals surface area (Å²) in [7, 11) is -2.40. The summed E-state index contributed by atoms with van der Waals surface area (Å²) in [5, 5.41) is 8.20. The van der Waals surface area contributed by atoms with Crippen LogP contribution in [0.2, 0.25) is 0 Å². The average Bonchev–Trinajstić information content (AvgIpc) is 2.91. The Kier molecular flexibility index (Phi) is 4.63. The van der Waals surface area contributed by atoms with Crippen molar-refractivity contribution in [1.29, 1.82) is 0 Å². The van der Waals surface area contributed by atoms with Gasteiger partial charge in [-0.3, -0.25) is 4.79 Å². The molecule has 1 N–H and O–H groups in total. The van der Waals surface area contributed by atoms with Crippen LogP contribution in [-0.2, 0) is 21.4 Å². The molecule has 0 radical (unpaired) electrons. The van der Waals surface area contributed by atoms with Gasteiger partial charge < -0.3 is 5.11 Å². The van der Waals surface area contributed by atoms with Crippen LogP contribution in [0.1, 0.15) is 24.8 Å². The molecule has 0 saturated heterocycles. The number of hydrogen-bond donors (Lipinski definition) is 1. The third-order valence-corrected chi connectivity index (χ3v) is 6.26. The third-order valence-electron chi connectivity index (χ3n) is 3.94. The first-order chi connectivity index (χ1) is 9.84. The summed E-state index contributed by atoms with van der Waals surface area (Å²) in [5.74, 6) is -2.43. The van der Waals surface area contributed by atoms with Gasteiger partial charge in [-0.25, -0.2) is 17.1 Å². The van der Waals surface area contributed by atoms with E-state index < -0.39 is 33.0 Å². The highest BCUT2D eigenvalue weighted by Crippen LogP contribution is 2.33. The second-order valence-electron chi connectivity index (χ2n) is 5.31. The topological polar surface area (TPSA) is 74.7 Å². The number of sulfonamides is 1. The minimum Gasteiger partial charge on any atom is -0.481 e. The Labute approximate surface area is 123 Å². The summed E-state index contributed by atoms with van der Waals surface area (Å²) in [4.78, 5) is 11.2. The molecule has 0 spiro atoms. The van der Waals surface area contributed by atoms with Crippen LogP contribution in [0.4, 0.5) is 4.39 Å². The molecule has 0 aromatic heterocycles. The first kappa shape index (κ1) is 15.9. The summed E-state index contributed by atoms with van der Waals surface area (Å²) in [6.07, 6.45) is 1.28. The number of carbonyl (C=O) groups is 1. The number of aliphatic carboxylic acids is 1. The molecule has 7 heteroatoms. The van der Waals surface area contributed by atoms with Crippen molar-refractivity contribution in [2.45, 2.75) is 31.1 Å². The van der Waals surface area contributed by atoms with E-state index in [1.54, 1.807) is 6.07 Å². The molecule has 1 aromatic rings. The molecule has 116 valence electrons. The number of carboxylic acid groups (broad SMARTS) is 1. The van der Waals surface area contributed by atoms with E-state index in [0.29, 0.717) is 19.3 Å². The molecule has 0 bridgehead atoms. The number of benzene rings is 1. The highest BCUT2D eigenvalue weighted by atomic mass is 32.2. The third kappa shape index (κ3) is 3.24. The Hall–Kier alpha value is -1.47. The SMILES string of the molecule is CN(Cc1ccccc1F)S(=O)(=O)C1CCCC1C(=O)O. The van der Waals surface area contributed by atoms with Gasteiger partial charge in [0.15, 0.2) is 0 Å². The first-order valence-corrected chi connectivity index (χ1v) is 8.25. The van der Waals surface area contributed by atoms with Crippen molar-refractivity contribution in [3.05, 3.63) is 35.6 Å². The van der Waals surface area contributed by atoms with Crippen LogP contribution < -0.4 is 0 Å². The van der Waals surface area contributed by atoms with Gasteiger partial charge >= 0.3 is 5.97 Å². The highest BCUT2D eigenvalue weighted by molar-refractivity contribution is 7.89. The van der Waals surface area contributed by atoms with E-state index in [1.165, 1.54) is 25.2 Å². The summed E-state index contributed by atoms with van der Waals surface area (Å²) in [6, 6.07) is 5.95. The van der Waals surface area contributed by atoms with Gasteiger partial charge in [-0.2, -0.15) is 0 Å². The second-order valence-corrected chi connectivity index (χ2v) is 7.57. The lowest BCUT2D eigenvalue weighted by Gasteiger charge is -2.24. The molecule has 1 aliphatic rings. The van der Waals surface area contributed by atoms with E-state index in [-0.39, 0.29) is 12.1 Å². The maximum absolute atomic E-state index is 13.6. The molecule has 2 atom stereocenters. The van der Waals surface area contributed by atoms with E-state index in [9.17, 15) is 17.6 Å². The largest absolute Gasteiger partial charge is 0.481 e. The minimum absolute atomic E-state index is 0.0994. The smallest absolute Gasteiger partial charge is 0.307 e. The van der Waals surface area contributed by atoms with Crippen molar-refractivity contribution in [1.82, 2.24) is 4.31 Å². The predicted molar refractivity (Wildman–Crippen MR) is 75.6 cm³/mol. The number of carboxylic acids is 1. The fourth-order valence-corrected chi connectivity index (χ4v) is 4.67. The zero-order valence-electron chi connectivity index (χ0n) is 11.7. The lowest BCUT2D eigenvalue weighted by Crippen LogP contribution is -2.40. The standard InChI is InChI=1S/C14H18FNO4S/c1-16(9-10-5-2-3-7-12(10)15)21(19,20)13-8-4-6-11(13)14(17)18/h2-3,5,7,11,13H,4,6,8-9H2,1H3,(H,17,18). The maximum Gasteiger partial charge on any atom is 0.307 e. The van der Waals surface area contributed by atoms with Crippen LogP contribution in [0, 0.1) is 11.7 Å². The predicted octanol–water partition coefficient (Wildman–Crippen LogP) is 1.84. The molecule has 5 nitrogen and oxygen atoms in total. The Morgan fingerprint density at radius 2 is 2.05 bits per heavy atom. The Balaban J connectivity index is 2.19. The molecule has 2 rings (SSSR count). The molecule has 0 amide bonds. The van der Waals surface area contributed by atoms with Gasteiger partial charge in [0, 0.05) is 19.2 Å². The molecule has 1 aliphatic carbocycles. The normalized spacial score (nSPS) is 22.6. The van der Waals surface area contributed by atoms with Crippen molar-refractivity contribution < 1.29 is 22.7 Å². The van der Waals surface area contributed by atoms with Crippen molar-refractivity contribution >= 4 is 16.0 Å². The Morgan fingerprint density at radius 3 is 2.67 bits per heavy atom. The van der Waals surface area contributed by atoms with Crippen LogP contribution in [0.25, 0.3) is 0 Å². The highest BCUT2D eigenvalue weighted by Gasteiger charge is 2.43. The van der Waals surface area contributed by atoms with E-state index in [2.05, 4.69) is 0 Å². The van der Waals surface area contributed by atoms with Crippen molar-refractivity contribution in [2.75, 3.05) is 7.05 Å². The summed E-state index contributed by atoms with van der Waals surface area (Å²) < 4.78 is 39.7. The van der Waals surface area contributed by atoms with Gasteiger partial charge in [0.1, 0.15) is 5.82 Å². The second kappa shape index (κ2) is 6.11. The van der Waals surface area contributed by atoms with E-state index in [4.69, 9.17) is 5.11 Å². The fourth-order valence-electron chi connectivity index (χ4n) is 2.75. The van der Waals surface area contributed by atoms with Crippen LogP contribution in [0.5, 0.6) is 0 Å². The molecule has 0 aliphatic heterocycles. The monoisotopic (exact) mass is 315 g/mol. The van der Waals surface area contributed by atoms with Crippen LogP contribution in [-0.4, -0.2) is 36.1 Å². The van der Waals surface area contributed by atoms with E-state index >= 15 is 0 Å². The van der Waals surface area contributed by atoms with Gasteiger partial charge in [-0.1, -0.05) is 24.6 Å². The quantitative estimate of drug-likeness (QED) is 0.899. The molecule has 1 fully saturated rings. The van der Waals surface area contributed by atoms with Crippen molar-refractivity contribution in [3.8, 4) is 0 Å². The molecule has 2 unspecified atom stereocenters. The molecule has 0 heterocycles. The molecular formula is C14H18FNO4S.